The molecular weight excluding hydrogens is 512 g/mol. The Morgan fingerprint density at radius 3 is 2.10 bits per heavy atom. The first-order chi connectivity index (χ1) is 18.8. The molecule has 3 aromatic carbocycles. The zero-order chi connectivity index (χ0) is 27.1. The molecule has 4 aliphatic rings. The van der Waals surface area contributed by atoms with Crippen molar-refractivity contribution in [2.24, 2.45) is 23.2 Å². The highest BCUT2D eigenvalue weighted by atomic mass is 32.2. The van der Waals surface area contributed by atoms with E-state index in [0.29, 0.717) is 35.0 Å². The predicted octanol–water partition coefficient (Wildman–Crippen LogP) is 7.05. The van der Waals surface area contributed by atoms with Gasteiger partial charge >= 0.3 is 11.9 Å². The number of methoxy groups -OCH3 is 1. The molecule has 198 valence electrons. The maximum absolute atomic E-state index is 13.9. The van der Waals surface area contributed by atoms with Crippen LogP contribution in [0.4, 0.5) is 0 Å². The van der Waals surface area contributed by atoms with Gasteiger partial charge in [-0.2, -0.15) is 0 Å². The topological polar surface area (TPSA) is 89.9 Å². The van der Waals surface area contributed by atoms with Crippen molar-refractivity contribution < 1.29 is 29.0 Å². The molecule has 1 N–H and O–H groups in total. The van der Waals surface area contributed by atoms with Gasteiger partial charge in [0.15, 0.2) is 20.9 Å². The minimum atomic E-state index is -1.06. The Morgan fingerprint density at radius 2 is 1.54 bits per heavy atom. The van der Waals surface area contributed by atoms with Crippen molar-refractivity contribution in [2.75, 3.05) is 7.11 Å². The minimum absolute atomic E-state index is 0.0512. The standard InChI is InChI=1S/C32H28O6S/c1-17-28(38-31(36)32-14-18-11-19(15-32)27(33)20(12-18)16-32)24(37-2)13-23(30(34)35)29(17)39-25-9-5-3-7-21(25)22-8-4-6-10-26(22)39/h3-10,13,18-20H,11-12,14-16H2,1-2H3/p+1. The Hall–Kier alpha value is -3.71. The van der Waals surface area contributed by atoms with Crippen LogP contribution in [0.3, 0.4) is 0 Å². The second-order valence-corrected chi connectivity index (χ2v) is 13.3. The lowest BCUT2D eigenvalue weighted by atomic mass is 9.49. The molecule has 0 amide bonds. The quantitative estimate of drug-likeness (QED) is 0.165. The maximum Gasteiger partial charge on any atom is 0.341 e. The minimum Gasteiger partial charge on any atom is -0.493 e. The molecular formula is C32H29O6S+. The molecule has 6 nitrogen and oxygen atoms in total. The Balaban J connectivity index is 1.41. The lowest BCUT2D eigenvalue weighted by Crippen LogP contribution is -2.55. The number of carboxylic acids is 1. The zero-order valence-electron chi connectivity index (χ0n) is 21.9. The van der Waals surface area contributed by atoms with Crippen LogP contribution in [0.15, 0.2) is 54.6 Å². The fourth-order valence-corrected chi connectivity index (χ4v) is 10.4. The molecule has 4 aliphatic carbocycles. The van der Waals surface area contributed by atoms with Crippen molar-refractivity contribution in [2.45, 2.75) is 39.0 Å². The van der Waals surface area contributed by atoms with Gasteiger partial charge in [-0.05, 0) is 69.2 Å². The van der Waals surface area contributed by atoms with E-state index in [1.54, 1.807) is 0 Å². The van der Waals surface area contributed by atoms with Crippen LogP contribution in [0.25, 0.3) is 25.1 Å². The Bertz CT molecular complexity index is 1640. The molecule has 1 aromatic heterocycles. The first kappa shape index (κ1) is 24.3. The molecule has 2 atom stereocenters. The van der Waals surface area contributed by atoms with Gasteiger partial charge in [-0.3, -0.25) is 9.59 Å². The Labute approximate surface area is 228 Å². The molecule has 2 unspecified atom stereocenters. The number of aromatic carboxylic acids is 1. The van der Waals surface area contributed by atoms with Crippen LogP contribution in [0.5, 0.6) is 11.5 Å². The number of hydrogen-bond acceptors (Lipinski definition) is 5. The molecule has 39 heavy (non-hydrogen) atoms. The zero-order valence-corrected chi connectivity index (χ0v) is 22.7. The molecule has 4 fully saturated rings. The number of benzene rings is 3. The van der Waals surface area contributed by atoms with Crippen molar-refractivity contribution in [1.82, 2.24) is 0 Å². The van der Waals surface area contributed by atoms with Gasteiger partial charge in [-0.15, -0.1) is 0 Å². The third kappa shape index (κ3) is 3.48. The second-order valence-electron chi connectivity index (χ2n) is 11.4. The summed E-state index contributed by atoms with van der Waals surface area (Å²) in [6.45, 7) is 1.83. The van der Waals surface area contributed by atoms with E-state index in [4.69, 9.17) is 9.47 Å². The number of fused-ring (bicyclic) bond motifs is 3. The van der Waals surface area contributed by atoms with E-state index in [-0.39, 0.29) is 34.9 Å². The molecule has 0 radical (unpaired) electrons. The smallest absolute Gasteiger partial charge is 0.341 e. The summed E-state index contributed by atoms with van der Waals surface area (Å²) in [4.78, 5) is 39.9. The van der Waals surface area contributed by atoms with Crippen LogP contribution in [0.1, 0.15) is 48.0 Å². The van der Waals surface area contributed by atoms with Crippen LogP contribution in [-0.4, -0.2) is 29.9 Å². The average Bonchev–Trinajstić information content (AvgIpc) is 3.26. The molecule has 0 aliphatic heterocycles. The van der Waals surface area contributed by atoms with Crippen LogP contribution < -0.4 is 9.47 Å². The third-order valence-corrected chi connectivity index (χ3v) is 11.7. The van der Waals surface area contributed by atoms with E-state index >= 15 is 0 Å². The number of Topliss-reactive ketones (excluding diaryl/α,β-unsaturated/α-hetero) is 1. The summed E-state index contributed by atoms with van der Waals surface area (Å²) in [6, 6.07) is 17.6. The van der Waals surface area contributed by atoms with E-state index in [0.717, 1.165) is 39.4 Å². The summed E-state index contributed by atoms with van der Waals surface area (Å²) in [6.07, 6.45) is 3.60. The monoisotopic (exact) mass is 541 g/mol. The van der Waals surface area contributed by atoms with Gasteiger partial charge in [0, 0.05) is 39.1 Å². The SMILES string of the molecule is COc1cc(C(=O)O)c(-[s+]2c3ccccc3c3ccccc32)c(C)c1OC(=O)C12CC3CC(C1)C(=O)C(C3)C2. The number of carboxylic acid groups (broad SMARTS) is 1. The fourth-order valence-electron chi connectivity index (χ4n) is 7.72. The number of thiophene rings is 1. The van der Waals surface area contributed by atoms with Crippen molar-refractivity contribution in [1.29, 1.82) is 0 Å². The van der Waals surface area contributed by atoms with E-state index < -0.39 is 21.9 Å². The molecule has 7 heteroatoms. The number of rotatable bonds is 5. The first-order valence-corrected chi connectivity index (χ1v) is 14.7. The lowest BCUT2D eigenvalue weighted by Gasteiger charge is -2.53. The van der Waals surface area contributed by atoms with E-state index in [9.17, 15) is 19.5 Å². The van der Waals surface area contributed by atoms with Crippen LogP contribution in [-0.2, 0) is 9.59 Å². The summed E-state index contributed by atoms with van der Waals surface area (Å²) in [5.41, 5.74) is 0.0673. The highest BCUT2D eigenvalue weighted by Gasteiger charge is 2.59. The van der Waals surface area contributed by atoms with E-state index in [1.165, 1.54) is 13.2 Å². The Kier molecular flexibility index (Phi) is 5.40. The van der Waals surface area contributed by atoms with Crippen LogP contribution in [0.2, 0.25) is 0 Å². The highest BCUT2D eigenvalue weighted by molar-refractivity contribution is 7.50. The van der Waals surface area contributed by atoms with Gasteiger partial charge in [-0.25, -0.2) is 4.79 Å². The number of ketones is 1. The summed E-state index contributed by atoms with van der Waals surface area (Å²) in [5, 5.41) is 12.5. The van der Waals surface area contributed by atoms with Crippen molar-refractivity contribution in [3.05, 3.63) is 65.7 Å². The number of hydrogen-bond donors (Lipinski definition) is 1. The van der Waals surface area contributed by atoms with Crippen molar-refractivity contribution >= 4 is 48.4 Å². The molecule has 1 heterocycles. The van der Waals surface area contributed by atoms with Gasteiger partial charge in [0.1, 0.15) is 11.3 Å². The summed E-state index contributed by atoms with van der Waals surface area (Å²) in [7, 11) is 0.755. The molecule has 4 saturated carbocycles. The largest absolute Gasteiger partial charge is 0.493 e. The maximum atomic E-state index is 13.9. The predicted molar refractivity (Wildman–Crippen MR) is 150 cm³/mol. The lowest BCUT2D eigenvalue weighted by molar-refractivity contribution is -0.167. The molecule has 4 aromatic rings. The van der Waals surface area contributed by atoms with Crippen molar-refractivity contribution in [3.63, 3.8) is 0 Å². The summed E-state index contributed by atoms with van der Waals surface area (Å²) >= 11 is 0. The van der Waals surface area contributed by atoms with Gasteiger partial charge in [-0.1, -0.05) is 24.3 Å². The molecule has 0 spiro atoms. The molecule has 8 rings (SSSR count). The number of ether oxygens (including phenoxy) is 2. The second kappa shape index (κ2) is 8.65. The van der Waals surface area contributed by atoms with Crippen LogP contribution >= 0.6 is 10.5 Å². The first-order valence-electron chi connectivity index (χ1n) is 13.4. The molecule has 4 bridgehead atoms. The van der Waals surface area contributed by atoms with Crippen molar-refractivity contribution in [3.8, 4) is 16.4 Å². The normalized spacial score (nSPS) is 25.4. The van der Waals surface area contributed by atoms with Gasteiger partial charge in [0.2, 0.25) is 4.90 Å². The van der Waals surface area contributed by atoms with E-state index in [2.05, 4.69) is 12.1 Å². The summed E-state index contributed by atoms with van der Waals surface area (Å²) < 4.78 is 13.9. The average molecular weight is 542 g/mol. The molecule has 0 saturated heterocycles. The van der Waals surface area contributed by atoms with E-state index in [1.807, 2.05) is 43.3 Å². The number of esters is 1. The van der Waals surface area contributed by atoms with Crippen LogP contribution in [0, 0.1) is 30.1 Å². The highest BCUT2D eigenvalue weighted by Crippen LogP contribution is 2.60. The summed E-state index contributed by atoms with van der Waals surface area (Å²) in [5.74, 6) is -0.274. The Morgan fingerprint density at radius 1 is 0.949 bits per heavy atom. The number of carbonyl (C=O) groups is 3. The van der Waals surface area contributed by atoms with Gasteiger partial charge in [0.05, 0.1) is 18.1 Å². The number of carbonyl (C=O) groups excluding carboxylic acids is 2. The van der Waals surface area contributed by atoms with Gasteiger partial charge in [0.25, 0.3) is 0 Å². The third-order valence-electron chi connectivity index (χ3n) is 9.21. The van der Waals surface area contributed by atoms with Gasteiger partial charge < -0.3 is 14.6 Å². The fraction of sp³-hybridized carbons (Fsp3) is 0.344.